The van der Waals surface area contributed by atoms with Gasteiger partial charge in [-0.2, -0.15) is 0 Å². The van der Waals surface area contributed by atoms with E-state index in [0.29, 0.717) is 13.0 Å². The molecule has 3 atom stereocenters. The van der Waals surface area contributed by atoms with E-state index in [9.17, 15) is 9.90 Å². The van der Waals surface area contributed by atoms with Crippen LogP contribution in [-0.2, 0) is 11.4 Å². The van der Waals surface area contributed by atoms with E-state index in [1.54, 1.807) is 6.08 Å². The van der Waals surface area contributed by atoms with E-state index < -0.39 is 11.5 Å². The Balaban J connectivity index is 1.69. The summed E-state index contributed by atoms with van der Waals surface area (Å²) in [7, 11) is 0. The smallest absolute Gasteiger partial charge is 0.182 e. The molecule has 0 bridgehead atoms. The summed E-state index contributed by atoms with van der Waals surface area (Å²) in [5.41, 5.74) is 3.33. The number of hydrogen-bond donors (Lipinski definition) is 1. The largest absolute Gasteiger partial charge is 0.488 e. The molecule has 2 aromatic rings. The first kappa shape index (κ1) is 21.3. The number of hydrogen-bond acceptors (Lipinski definition) is 3. The predicted octanol–water partition coefficient (Wildman–Crippen LogP) is 5.90. The summed E-state index contributed by atoms with van der Waals surface area (Å²) >= 11 is 0. The number of rotatable bonds is 6. The van der Waals surface area contributed by atoms with Gasteiger partial charge in [0.2, 0.25) is 0 Å². The molecule has 3 nitrogen and oxygen atoms in total. The number of aliphatic hydroxyl groups is 1. The van der Waals surface area contributed by atoms with Crippen LogP contribution in [0.3, 0.4) is 0 Å². The molecule has 0 aliphatic heterocycles. The summed E-state index contributed by atoms with van der Waals surface area (Å²) in [6.07, 6.45) is 8.33. The van der Waals surface area contributed by atoms with Crippen LogP contribution in [0.1, 0.15) is 43.7 Å². The first-order valence-electron chi connectivity index (χ1n) is 11.1. The summed E-state index contributed by atoms with van der Waals surface area (Å²) in [5, 5.41) is 11.0. The van der Waals surface area contributed by atoms with Crippen molar-refractivity contribution in [3.8, 4) is 5.75 Å². The molecular weight excluding hydrogens is 384 g/mol. The van der Waals surface area contributed by atoms with Gasteiger partial charge < -0.3 is 9.84 Å². The number of carbonyl (C=O) groups excluding carboxylic acids is 1. The van der Waals surface area contributed by atoms with E-state index in [2.05, 4.69) is 13.5 Å². The first-order valence-corrected chi connectivity index (χ1v) is 11.1. The zero-order chi connectivity index (χ0) is 21.8. The number of ketones is 1. The molecule has 0 saturated heterocycles. The number of carbonyl (C=O) groups is 1. The van der Waals surface area contributed by atoms with E-state index in [-0.39, 0.29) is 11.7 Å². The van der Waals surface area contributed by atoms with Crippen molar-refractivity contribution in [3.63, 3.8) is 0 Å². The number of aliphatic hydroxyl groups excluding tert-OH is 1. The Hall–Kier alpha value is -2.91. The summed E-state index contributed by atoms with van der Waals surface area (Å²) in [5.74, 6) is 0.681. The van der Waals surface area contributed by atoms with Crippen molar-refractivity contribution < 1.29 is 14.6 Å². The first-order chi connectivity index (χ1) is 15.1. The topological polar surface area (TPSA) is 46.5 Å². The molecular formula is C28H30O3. The van der Waals surface area contributed by atoms with Gasteiger partial charge in [-0.25, -0.2) is 0 Å². The Kier molecular flexibility index (Phi) is 6.24. The second kappa shape index (κ2) is 9.07. The third-order valence-electron chi connectivity index (χ3n) is 6.89. The summed E-state index contributed by atoms with van der Waals surface area (Å²) < 4.78 is 6.10. The van der Waals surface area contributed by atoms with Crippen LogP contribution in [0.5, 0.6) is 5.75 Å². The molecule has 3 heteroatoms. The van der Waals surface area contributed by atoms with Gasteiger partial charge in [-0.05, 0) is 55.4 Å². The molecule has 0 heterocycles. The lowest BCUT2D eigenvalue weighted by atomic mass is 9.55. The molecule has 0 aromatic heterocycles. The highest BCUT2D eigenvalue weighted by Crippen LogP contribution is 2.54. The molecule has 2 aliphatic rings. The van der Waals surface area contributed by atoms with E-state index >= 15 is 0 Å². The fourth-order valence-electron chi connectivity index (χ4n) is 5.21. The second-order valence-corrected chi connectivity index (χ2v) is 8.61. The van der Waals surface area contributed by atoms with Crippen molar-refractivity contribution in [1.82, 2.24) is 0 Å². The SMILES string of the molecule is C=CC[C@@]12C(=CC(=O)C(=Cc3ccccc3OCc3ccccc3)[C@@H]1C)CCC[C@@H]2O. The van der Waals surface area contributed by atoms with Gasteiger partial charge in [-0.1, -0.05) is 67.1 Å². The number of fused-ring (bicyclic) bond motifs is 1. The molecule has 0 spiro atoms. The monoisotopic (exact) mass is 414 g/mol. The number of benzene rings is 2. The molecule has 4 rings (SSSR count). The quantitative estimate of drug-likeness (QED) is 0.473. The summed E-state index contributed by atoms with van der Waals surface area (Å²) in [4.78, 5) is 13.1. The summed E-state index contributed by atoms with van der Waals surface area (Å²) in [6.45, 7) is 6.48. The third-order valence-corrected chi connectivity index (χ3v) is 6.89. The highest BCUT2D eigenvalue weighted by Gasteiger charge is 2.51. The highest BCUT2D eigenvalue weighted by molar-refractivity contribution is 6.09. The van der Waals surface area contributed by atoms with Gasteiger partial charge in [0.05, 0.1) is 6.10 Å². The molecule has 1 N–H and O–H groups in total. The lowest BCUT2D eigenvalue weighted by Gasteiger charge is -2.50. The summed E-state index contributed by atoms with van der Waals surface area (Å²) in [6, 6.07) is 17.8. The van der Waals surface area contributed by atoms with Gasteiger partial charge in [0.15, 0.2) is 5.78 Å². The van der Waals surface area contributed by atoms with Crippen molar-refractivity contribution >= 4 is 11.9 Å². The maximum absolute atomic E-state index is 13.1. The van der Waals surface area contributed by atoms with Gasteiger partial charge in [0, 0.05) is 16.6 Å². The fraction of sp³-hybridized carbons (Fsp3) is 0.321. The highest BCUT2D eigenvalue weighted by atomic mass is 16.5. The molecule has 0 unspecified atom stereocenters. The zero-order valence-corrected chi connectivity index (χ0v) is 18.1. The number of ether oxygens (including phenoxy) is 1. The second-order valence-electron chi connectivity index (χ2n) is 8.61. The molecule has 2 aliphatic carbocycles. The molecule has 2 aromatic carbocycles. The van der Waals surface area contributed by atoms with Crippen LogP contribution in [-0.4, -0.2) is 17.0 Å². The Morgan fingerprint density at radius 3 is 2.68 bits per heavy atom. The average Bonchev–Trinajstić information content (AvgIpc) is 2.78. The molecule has 0 radical (unpaired) electrons. The zero-order valence-electron chi connectivity index (χ0n) is 18.1. The van der Waals surface area contributed by atoms with Crippen LogP contribution < -0.4 is 4.74 Å². The number of para-hydroxylation sites is 1. The van der Waals surface area contributed by atoms with Crippen LogP contribution in [0.25, 0.3) is 6.08 Å². The lowest BCUT2D eigenvalue weighted by molar-refractivity contribution is -0.113. The molecule has 0 amide bonds. The van der Waals surface area contributed by atoms with Crippen LogP contribution in [0.2, 0.25) is 0 Å². The third kappa shape index (κ3) is 4.03. The lowest BCUT2D eigenvalue weighted by Crippen LogP contribution is -2.48. The molecule has 1 fully saturated rings. The van der Waals surface area contributed by atoms with Crippen molar-refractivity contribution in [2.45, 2.75) is 45.3 Å². The minimum Gasteiger partial charge on any atom is -0.488 e. The van der Waals surface area contributed by atoms with Crippen molar-refractivity contribution in [2.24, 2.45) is 11.3 Å². The van der Waals surface area contributed by atoms with Crippen LogP contribution in [0, 0.1) is 11.3 Å². The number of allylic oxidation sites excluding steroid dienone is 3. The van der Waals surface area contributed by atoms with Crippen LogP contribution in [0.4, 0.5) is 0 Å². The van der Waals surface area contributed by atoms with Crippen molar-refractivity contribution in [3.05, 3.63) is 95.6 Å². The van der Waals surface area contributed by atoms with Gasteiger partial charge in [0.1, 0.15) is 12.4 Å². The maximum atomic E-state index is 13.1. The normalized spacial score (nSPS) is 26.8. The van der Waals surface area contributed by atoms with Gasteiger partial charge >= 0.3 is 0 Å². The van der Waals surface area contributed by atoms with Crippen LogP contribution >= 0.6 is 0 Å². The minimum absolute atomic E-state index is 0.0362. The van der Waals surface area contributed by atoms with E-state index in [1.807, 2.05) is 66.7 Å². The predicted molar refractivity (Wildman–Crippen MR) is 125 cm³/mol. The Morgan fingerprint density at radius 1 is 1.16 bits per heavy atom. The van der Waals surface area contributed by atoms with E-state index in [1.165, 1.54) is 0 Å². The molecule has 1 saturated carbocycles. The fourth-order valence-corrected chi connectivity index (χ4v) is 5.21. The minimum atomic E-state index is -0.471. The van der Waals surface area contributed by atoms with Crippen molar-refractivity contribution in [1.29, 1.82) is 0 Å². The Morgan fingerprint density at radius 2 is 1.90 bits per heavy atom. The molecule has 31 heavy (non-hydrogen) atoms. The maximum Gasteiger partial charge on any atom is 0.182 e. The van der Waals surface area contributed by atoms with Gasteiger partial charge in [0.25, 0.3) is 0 Å². The standard InChI is InChI=1S/C28H30O3/c1-3-16-28-20(2)24(25(29)18-23(28)13-9-15-27(28)30)17-22-12-7-8-14-26(22)31-19-21-10-5-4-6-11-21/h3-8,10-12,14,17-18,20,27,30H,1,9,13,15-16,19H2,2H3/t20-,27-,28-/m0/s1. The van der Waals surface area contributed by atoms with E-state index in [0.717, 1.165) is 47.3 Å². The van der Waals surface area contributed by atoms with Gasteiger partial charge in [-0.15, -0.1) is 6.58 Å². The van der Waals surface area contributed by atoms with Crippen LogP contribution in [0.15, 0.2) is 84.5 Å². The Labute approximate surface area is 184 Å². The van der Waals surface area contributed by atoms with E-state index in [4.69, 9.17) is 4.74 Å². The Bertz CT molecular complexity index is 1020. The van der Waals surface area contributed by atoms with Crippen molar-refractivity contribution in [2.75, 3.05) is 0 Å². The molecule has 160 valence electrons. The average molecular weight is 415 g/mol. The van der Waals surface area contributed by atoms with Gasteiger partial charge in [-0.3, -0.25) is 4.79 Å².